The molecule has 1 aromatic rings. The highest BCUT2D eigenvalue weighted by molar-refractivity contribution is 5.78. The molecule has 2 atom stereocenters. The van der Waals surface area contributed by atoms with Crippen molar-refractivity contribution in [3.05, 3.63) is 11.3 Å². The van der Waals surface area contributed by atoms with Gasteiger partial charge in [0, 0.05) is 26.2 Å². The molecule has 0 aromatic carbocycles. The zero-order valence-electron chi connectivity index (χ0n) is 15.4. The van der Waals surface area contributed by atoms with E-state index in [0.29, 0.717) is 12.5 Å². The first-order valence-electron chi connectivity index (χ1n) is 9.10. The van der Waals surface area contributed by atoms with E-state index in [9.17, 15) is 4.79 Å². The van der Waals surface area contributed by atoms with Crippen molar-refractivity contribution >= 4 is 5.91 Å². The lowest BCUT2D eigenvalue weighted by Crippen LogP contribution is -2.44. The van der Waals surface area contributed by atoms with Crippen LogP contribution < -0.4 is 4.74 Å². The summed E-state index contributed by atoms with van der Waals surface area (Å²) in [7, 11) is 3.61. The van der Waals surface area contributed by atoms with Crippen molar-refractivity contribution in [2.45, 2.75) is 45.6 Å². The summed E-state index contributed by atoms with van der Waals surface area (Å²) < 4.78 is 7.37. The van der Waals surface area contributed by atoms with Crippen LogP contribution in [0.25, 0.3) is 0 Å². The number of carbonyl (C=O) groups excluding carboxylic acids is 1. The van der Waals surface area contributed by atoms with Crippen LogP contribution in [0.15, 0.2) is 0 Å². The molecule has 0 bridgehead atoms. The van der Waals surface area contributed by atoms with Crippen molar-refractivity contribution in [1.29, 1.82) is 0 Å². The number of ether oxygens (including phenoxy) is 1. The zero-order valence-corrected chi connectivity index (χ0v) is 15.4. The SMILES string of the molecule is COc1c([C@@H]2CCCN2CC(=O)N2CCC[C@H](C)C2)c(C)nn1C. The second-order valence-corrected chi connectivity index (χ2v) is 7.35. The molecule has 0 radical (unpaired) electrons. The van der Waals surface area contributed by atoms with E-state index in [4.69, 9.17) is 4.74 Å². The number of carbonyl (C=O) groups is 1. The maximum atomic E-state index is 12.8. The average molecular weight is 334 g/mol. The fourth-order valence-electron chi connectivity index (χ4n) is 4.31. The highest BCUT2D eigenvalue weighted by Crippen LogP contribution is 2.38. The van der Waals surface area contributed by atoms with E-state index < -0.39 is 0 Å². The summed E-state index contributed by atoms with van der Waals surface area (Å²) in [5.74, 6) is 1.72. The van der Waals surface area contributed by atoms with Gasteiger partial charge in [0.15, 0.2) is 0 Å². The summed E-state index contributed by atoms with van der Waals surface area (Å²) in [6, 6.07) is 0.236. The molecule has 3 rings (SSSR count). The number of amides is 1. The van der Waals surface area contributed by atoms with Crippen LogP contribution in [0.4, 0.5) is 0 Å². The standard InChI is InChI=1S/C18H30N4O2/c1-13-7-5-10-22(11-13)16(23)12-21-9-6-8-15(21)17-14(2)19-20(3)18(17)24-4/h13,15H,5-12H2,1-4H3/t13-,15-/m0/s1. The Morgan fingerprint density at radius 3 is 2.75 bits per heavy atom. The Balaban J connectivity index is 1.73. The molecule has 2 fully saturated rings. The lowest BCUT2D eigenvalue weighted by molar-refractivity contribution is -0.134. The summed E-state index contributed by atoms with van der Waals surface area (Å²) in [5, 5.41) is 4.51. The molecule has 0 saturated carbocycles. The molecular formula is C18H30N4O2. The minimum atomic E-state index is 0.236. The average Bonchev–Trinajstić information content (AvgIpc) is 3.10. The molecule has 3 heterocycles. The molecule has 2 aliphatic rings. The lowest BCUT2D eigenvalue weighted by atomic mass is 10.0. The number of nitrogens with zero attached hydrogens (tertiary/aromatic N) is 4. The molecule has 24 heavy (non-hydrogen) atoms. The zero-order chi connectivity index (χ0) is 17.3. The molecule has 2 saturated heterocycles. The number of hydrogen-bond donors (Lipinski definition) is 0. The van der Waals surface area contributed by atoms with Gasteiger partial charge in [-0.3, -0.25) is 9.69 Å². The highest BCUT2D eigenvalue weighted by Gasteiger charge is 2.34. The molecule has 1 aromatic heterocycles. The first-order valence-corrected chi connectivity index (χ1v) is 9.10. The molecule has 0 spiro atoms. The number of aryl methyl sites for hydroxylation is 2. The summed E-state index contributed by atoms with van der Waals surface area (Å²) >= 11 is 0. The Hall–Kier alpha value is -1.56. The Labute approximate surface area is 144 Å². The van der Waals surface area contributed by atoms with Crippen molar-refractivity contribution in [3.8, 4) is 5.88 Å². The van der Waals surface area contributed by atoms with Crippen molar-refractivity contribution in [3.63, 3.8) is 0 Å². The molecule has 0 unspecified atom stereocenters. The van der Waals surface area contributed by atoms with Crippen LogP contribution in [0.2, 0.25) is 0 Å². The van der Waals surface area contributed by atoms with Gasteiger partial charge in [-0.05, 0) is 45.1 Å². The third kappa shape index (κ3) is 3.29. The van der Waals surface area contributed by atoms with Crippen LogP contribution in [0, 0.1) is 12.8 Å². The van der Waals surface area contributed by atoms with E-state index in [-0.39, 0.29) is 11.9 Å². The van der Waals surface area contributed by atoms with Crippen LogP contribution in [-0.2, 0) is 11.8 Å². The van der Waals surface area contributed by atoms with Crippen LogP contribution in [-0.4, -0.2) is 58.8 Å². The summed E-state index contributed by atoms with van der Waals surface area (Å²) in [4.78, 5) is 17.1. The Kier molecular flexibility index (Phi) is 5.13. The molecular weight excluding hydrogens is 304 g/mol. The molecule has 6 heteroatoms. The van der Waals surface area contributed by atoms with E-state index >= 15 is 0 Å². The topological polar surface area (TPSA) is 50.6 Å². The molecule has 0 aliphatic carbocycles. The van der Waals surface area contributed by atoms with Crippen molar-refractivity contribution in [1.82, 2.24) is 19.6 Å². The quantitative estimate of drug-likeness (QED) is 0.846. The highest BCUT2D eigenvalue weighted by atomic mass is 16.5. The first-order chi connectivity index (χ1) is 11.5. The normalized spacial score (nSPS) is 25.2. The summed E-state index contributed by atoms with van der Waals surface area (Å²) in [6.45, 7) is 7.57. The van der Waals surface area contributed by atoms with Gasteiger partial charge in [0.1, 0.15) is 0 Å². The largest absolute Gasteiger partial charge is 0.481 e. The Bertz CT molecular complexity index is 598. The van der Waals surface area contributed by atoms with Crippen LogP contribution in [0.1, 0.15) is 49.9 Å². The van der Waals surface area contributed by atoms with Gasteiger partial charge in [-0.25, -0.2) is 4.68 Å². The van der Waals surface area contributed by atoms with Gasteiger partial charge in [0.25, 0.3) is 0 Å². The molecule has 2 aliphatic heterocycles. The maximum Gasteiger partial charge on any atom is 0.236 e. The molecule has 0 N–H and O–H groups in total. The Morgan fingerprint density at radius 2 is 2.04 bits per heavy atom. The lowest BCUT2D eigenvalue weighted by Gasteiger charge is -2.33. The fraction of sp³-hybridized carbons (Fsp3) is 0.778. The third-order valence-electron chi connectivity index (χ3n) is 5.45. The Morgan fingerprint density at radius 1 is 1.29 bits per heavy atom. The fourth-order valence-corrected chi connectivity index (χ4v) is 4.31. The van der Waals surface area contributed by atoms with Crippen LogP contribution in [0.3, 0.4) is 0 Å². The van der Waals surface area contributed by atoms with Gasteiger partial charge in [0.05, 0.1) is 24.9 Å². The van der Waals surface area contributed by atoms with E-state index in [0.717, 1.165) is 56.0 Å². The summed E-state index contributed by atoms with van der Waals surface area (Å²) in [6.07, 6.45) is 4.55. The van der Waals surface area contributed by atoms with Gasteiger partial charge >= 0.3 is 0 Å². The maximum absolute atomic E-state index is 12.8. The summed E-state index contributed by atoms with van der Waals surface area (Å²) in [5.41, 5.74) is 2.16. The van der Waals surface area contributed by atoms with Gasteiger partial charge in [-0.1, -0.05) is 6.92 Å². The minimum absolute atomic E-state index is 0.236. The van der Waals surface area contributed by atoms with Crippen molar-refractivity contribution < 1.29 is 9.53 Å². The molecule has 6 nitrogen and oxygen atoms in total. The monoisotopic (exact) mass is 334 g/mol. The van der Waals surface area contributed by atoms with Crippen LogP contribution in [0.5, 0.6) is 5.88 Å². The van der Waals surface area contributed by atoms with Gasteiger partial charge < -0.3 is 9.64 Å². The number of piperidine rings is 1. The van der Waals surface area contributed by atoms with E-state index in [1.165, 1.54) is 6.42 Å². The predicted molar refractivity (Wildman–Crippen MR) is 93.0 cm³/mol. The van der Waals surface area contributed by atoms with E-state index in [1.54, 1.807) is 11.8 Å². The van der Waals surface area contributed by atoms with Gasteiger partial charge in [-0.15, -0.1) is 0 Å². The number of rotatable bonds is 4. The smallest absolute Gasteiger partial charge is 0.236 e. The van der Waals surface area contributed by atoms with E-state index in [2.05, 4.69) is 21.8 Å². The van der Waals surface area contributed by atoms with Gasteiger partial charge in [0.2, 0.25) is 11.8 Å². The third-order valence-corrected chi connectivity index (χ3v) is 5.45. The van der Waals surface area contributed by atoms with Crippen molar-refractivity contribution in [2.24, 2.45) is 13.0 Å². The minimum Gasteiger partial charge on any atom is -0.481 e. The van der Waals surface area contributed by atoms with Gasteiger partial charge in [-0.2, -0.15) is 5.10 Å². The predicted octanol–water partition coefficient (Wildman–Crippen LogP) is 2.13. The number of methoxy groups -OCH3 is 1. The van der Waals surface area contributed by atoms with Crippen molar-refractivity contribution in [2.75, 3.05) is 33.3 Å². The molecule has 1 amide bonds. The second-order valence-electron chi connectivity index (χ2n) is 7.35. The second kappa shape index (κ2) is 7.13. The number of likely N-dealkylation sites (tertiary alicyclic amines) is 2. The van der Waals surface area contributed by atoms with Crippen LogP contribution >= 0.6 is 0 Å². The first kappa shape index (κ1) is 17.3. The molecule has 134 valence electrons. The van der Waals surface area contributed by atoms with E-state index in [1.807, 2.05) is 14.0 Å². The number of hydrogen-bond acceptors (Lipinski definition) is 4. The number of aromatic nitrogens is 2.